The molecule has 0 aromatic heterocycles. The van der Waals surface area contributed by atoms with Crippen LogP contribution in [0.15, 0.2) is 36.4 Å². The zero-order valence-corrected chi connectivity index (χ0v) is 10.5. The topological polar surface area (TPSA) is 35.2 Å². The van der Waals surface area contributed by atoms with E-state index >= 15 is 0 Å². The molecule has 2 nitrogen and oxygen atoms in total. The molecule has 0 saturated carbocycles. The van der Waals surface area contributed by atoms with E-state index in [1.807, 2.05) is 26.0 Å². The number of nitrogens with two attached hydrogens (primary N) is 1. The van der Waals surface area contributed by atoms with Crippen LogP contribution in [0.4, 0.5) is 4.39 Å². The first-order valence-corrected chi connectivity index (χ1v) is 5.85. The largest absolute Gasteiger partial charge is 0.454 e. The van der Waals surface area contributed by atoms with Crippen LogP contribution >= 0.6 is 0 Å². The smallest absolute Gasteiger partial charge is 0.165 e. The molecule has 0 atom stereocenters. The predicted molar refractivity (Wildman–Crippen MR) is 70.3 cm³/mol. The van der Waals surface area contributed by atoms with Gasteiger partial charge in [0.15, 0.2) is 11.6 Å². The second-order valence-electron chi connectivity index (χ2n) is 4.21. The number of halogens is 1. The van der Waals surface area contributed by atoms with Crippen LogP contribution in [-0.4, -0.2) is 0 Å². The van der Waals surface area contributed by atoms with E-state index < -0.39 is 0 Å². The van der Waals surface area contributed by atoms with Crippen LogP contribution in [0.2, 0.25) is 0 Å². The Kier molecular flexibility index (Phi) is 3.63. The summed E-state index contributed by atoms with van der Waals surface area (Å²) in [4.78, 5) is 0. The maximum atomic E-state index is 13.5. The highest BCUT2D eigenvalue weighted by Crippen LogP contribution is 2.29. The molecular weight excluding hydrogens is 229 g/mol. The first-order valence-electron chi connectivity index (χ1n) is 5.85. The summed E-state index contributed by atoms with van der Waals surface area (Å²) in [5, 5.41) is 0. The highest BCUT2D eigenvalue weighted by Gasteiger charge is 2.09. The molecule has 2 N–H and O–H groups in total. The molecule has 0 amide bonds. The first-order chi connectivity index (χ1) is 8.63. The van der Waals surface area contributed by atoms with Gasteiger partial charge < -0.3 is 10.5 Å². The molecule has 94 valence electrons. The Labute approximate surface area is 106 Å². The van der Waals surface area contributed by atoms with E-state index in [-0.39, 0.29) is 11.6 Å². The Hall–Kier alpha value is -1.87. The summed E-state index contributed by atoms with van der Waals surface area (Å²) < 4.78 is 19.1. The summed E-state index contributed by atoms with van der Waals surface area (Å²) in [5.41, 5.74) is 8.80. The first kappa shape index (κ1) is 12.6. The van der Waals surface area contributed by atoms with Gasteiger partial charge in [-0.25, -0.2) is 4.39 Å². The van der Waals surface area contributed by atoms with Crippen LogP contribution in [0.25, 0.3) is 0 Å². The highest BCUT2D eigenvalue weighted by atomic mass is 19.1. The van der Waals surface area contributed by atoms with Crippen molar-refractivity contribution in [3.05, 3.63) is 58.9 Å². The number of benzene rings is 2. The molecule has 2 aromatic carbocycles. The van der Waals surface area contributed by atoms with Gasteiger partial charge in [-0.2, -0.15) is 0 Å². The summed E-state index contributed by atoms with van der Waals surface area (Å²) in [5.74, 6) is 0.535. The van der Waals surface area contributed by atoms with Gasteiger partial charge in [0.05, 0.1) is 0 Å². The van der Waals surface area contributed by atoms with Crippen LogP contribution < -0.4 is 10.5 Å². The zero-order valence-electron chi connectivity index (χ0n) is 10.5. The van der Waals surface area contributed by atoms with Crippen molar-refractivity contribution in [2.75, 3.05) is 0 Å². The van der Waals surface area contributed by atoms with E-state index in [1.165, 1.54) is 6.07 Å². The third-order valence-electron chi connectivity index (χ3n) is 3.13. The van der Waals surface area contributed by atoms with Crippen LogP contribution in [0.1, 0.15) is 16.7 Å². The molecule has 0 radical (unpaired) electrons. The van der Waals surface area contributed by atoms with Gasteiger partial charge in [0.1, 0.15) is 5.75 Å². The molecule has 0 saturated heterocycles. The van der Waals surface area contributed by atoms with Crippen molar-refractivity contribution in [1.82, 2.24) is 0 Å². The second-order valence-corrected chi connectivity index (χ2v) is 4.21. The second kappa shape index (κ2) is 5.19. The van der Waals surface area contributed by atoms with E-state index in [0.717, 1.165) is 16.7 Å². The summed E-state index contributed by atoms with van der Waals surface area (Å²) in [6, 6.07) is 10.1. The molecule has 3 heteroatoms. The molecule has 0 aliphatic rings. The van der Waals surface area contributed by atoms with Gasteiger partial charge in [0, 0.05) is 6.54 Å². The third kappa shape index (κ3) is 2.36. The monoisotopic (exact) mass is 245 g/mol. The number of para-hydroxylation sites is 1. The van der Waals surface area contributed by atoms with Crippen molar-refractivity contribution < 1.29 is 9.13 Å². The van der Waals surface area contributed by atoms with Gasteiger partial charge >= 0.3 is 0 Å². The Morgan fingerprint density at radius 2 is 1.72 bits per heavy atom. The minimum absolute atomic E-state index is 0.237. The standard InChI is InChI=1S/C15H16FNO/c1-10-11(2)14(8-7-12(10)9-17)18-15-6-4-3-5-13(15)16/h3-8H,9,17H2,1-2H3. The molecule has 0 spiro atoms. The number of rotatable bonds is 3. The van der Waals surface area contributed by atoms with Crippen LogP contribution in [0, 0.1) is 19.7 Å². The normalized spacial score (nSPS) is 10.4. The Morgan fingerprint density at radius 1 is 1.00 bits per heavy atom. The Bertz CT molecular complexity index is 566. The average Bonchev–Trinajstić information content (AvgIpc) is 2.38. The SMILES string of the molecule is Cc1c(CN)ccc(Oc2ccccc2F)c1C. The van der Waals surface area contributed by atoms with Crippen molar-refractivity contribution in [3.63, 3.8) is 0 Å². The fraction of sp³-hybridized carbons (Fsp3) is 0.200. The molecule has 0 unspecified atom stereocenters. The molecule has 0 fully saturated rings. The van der Waals surface area contributed by atoms with E-state index in [9.17, 15) is 4.39 Å². The summed E-state index contributed by atoms with van der Waals surface area (Å²) >= 11 is 0. The number of hydrogen-bond acceptors (Lipinski definition) is 2. The van der Waals surface area contributed by atoms with E-state index in [1.54, 1.807) is 18.2 Å². The highest BCUT2D eigenvalue weighted by molar-refractivity contribution is 5.45. The molecular formula is C15H16FNO. The van der Waals surface area contributed by atoms with Gasteiger partial charge in [0.2, 0.25) is 0 Å². The number of hydrogen-bond donors (Lipinski definition) is 1. The zero-order chi connectivity index (χ0) is 13.1. The maximum absolute atomic E-state index is 13.5. The van der Waals surface area contributed by atoms with E-state index in [2.05, 4.69) is 0 Å². The lowest BCUT2D eigenvalue weighted by Gasteiger charge is -2.13. The van der Waals surface area contributed by atoms with Gasteiger partial charge in [-0.1, -0.05) is 18.2 Å². The number of ether oxygens (including phenoxy) is 1. The summed E-state index contributed by atoms with van der Waals surface area (Å²) in [6.07, 6.45) is 0. The molecule has 0 aliphatic carbocycles. The third-order valence-corrected chi connectivity index (χ3v) is 3.13. The van der Waals surface area contributed by atoms with Crippen LogP contribution in [0.3, 0.4) is 0 Å². The van der Waals surface area contributed by atoms with Gasteiger partial charge in [-0.05, 0) is 48.7 Å². The lowest BCUT2D eigenvalue weighted by molar-refractivity contribution is 0.439. The van der Waals surface area contributed by atoms with Gasteiger partial charge in [-0.3, -0.25) is 0 Å². The Balaban J connectivity index is 2.36. The fourth-order valence-corrected chi connectivity index (χ4v) is 1.83. The molecule has 2 aromatic rings. The summed E-state index contributed by atoms with van der Waals surface area (Å²) in [6.45, 7) is 4.43. The maximum Gasteiger partial charge on any atom is 0.165 e. The van der Waals surface area contributed by atoms with Crippen molar-refractivity contribution >= 4 is 0 Å². The average molecular weight is 245 g/mol. The minimum atomic E-state index is -0.363. The van der Waals surface area contributed by atoms with E-state index in [0.29, 0.717) is 12.3 Å². The molecule has 0 heterocycles. The van der Waals surface area contributed by atoms with Gasteiger partial charge in [0.25, 0.3) is 0 Å². The summed E-state index contributed by atoms with van der Waals surface area (Å²) in [7, 11) is 0. The molecule has 18 heavy (non-hydrogen) atoms. The fourth-order valence-electron chi connectivity index (χ4n) is 1.83. The predicted octanol–water partition coefficient (Wildman–Crippen LogP) is 3.69. The molecule has 0 bridgehead atoms. The lowest BCUT2D eigenvalue weighted by Crippen LogP contribution is -2.01. The molecule has 0 aliphatic heterocycles. The Morgan fingerprint density at radius 3 is 2.39 bits per heavy atom. The van der Waals surface area contributed by atoms with Crippen molar-refractivity contribution in [2.45, 2.75) is 20.4 Å². The van der Waals surface area contributed by atoms with Gasteiger partial charge in [-0.15, -0.1) is 0 Å². The molecule has 2 rings (SSSR count). The van der Waals surface area contributed by atoms with E-state index in [4.69, 9.17) is 10.5 Å². The van der Waals surface area contributed by atoms with Crippen LogP contribution in [0.5, 0.6) is 11.5 Å². The lowest BCUT2D eigenvalue weighted by atomic mass is 10.0. The quantitative estimate of drug-likeness (QED) is 0.895. The van der Waals surface area contributed by atoms with Crippen molar-refractivity contribution in [3.8, 4) is 11.5 Å². The van der Waals surface area contributed by atoms with Crippen molar-refractivity contribution in [1.29, 1.82) is 0 Å². The minimum Gasteiger partial charge on any atom is -0.454 e. The van der Waals surface area contributed by atoms with Crippen LogP contribution in [-0.2, 0) is 6.54 Å². The van der Waals surface area contributed by atoms with Crippen molar-refractivity contribution in [2.24, 2.45) is 5.73 Å².